The van der Waals surface area contributed by atoms with E-state index in [0.29, 0.717) is 19.3 Å². The van der Waals surface area contributed by atoms with Gasteiger partial charge in [0, 0.05) is 6.04 Å². The molecule has 17 heavy (non-hydrogen) atoms. The lowest BCUT2D eigenvalue weighted by molar-refractivity contribution is 0.0806. The Hall–Kier alpha value is -1.06. The van der Waals surface area contributed by atoms with E-state index in [0.717, 1.165) is 18.3 Å². The van der Waals surface area contributed by atoms with Crippen LogP contribution in [0.2, 0.25) is 0 Å². The van der Waals surface area contributed by atoms with Crippen LogP contribution in [0.15, 0.2) is 30.3 Å². The van der Waals surface area contributed by atoms with Crippen molar-refractivity contribution in [2.45, 2.75) is 18.9 Å². The Labute approximate surface area is 103 Å². The second-order valence-corrected chi connectivity index (χ2v) is 4.47. The Morgan fingerprint density at radius 3 is 2.65 bits per heavy atom. The molecule has 1 N–H and O–H groups in total. The molecule has 0 radical (unpaired) electrons. The molecule has 1 aromatic carbocycles. The van der Waals surface area contributed by atoms with Gasteiger partial charge in [0.05, 0.1) is 13.2 Å². The molecule has 94 valence electrons. The lowest BCUT2D eigenvalue weighted by Crippen LogP contribution is -2.32. The second kappa shape index (κ2) is 6.62. The van der Waals surface area contributed by atoms with Gasteiger partial charge in [0.2, 0.25) is 0 Å². The first-order valence-electron chi connectivity index (χ1n) is 6.33. The quantitative estimate of drug-likeness (QED) is 0.700. The third-order valence-electron chi connectivity index (χ3n) is 3.10. The highest BCUT2D eigenvalue weighted by atomic mass is 16.5. The number of likely N-dealkylation sites (N-methyl/N-ethyl adjacent to an activating group) is 1. The predicted molar refractivity (Wildman–Crippen MR) is 68.3 cm³/mol. The first-order chi connectivity index (χ1) is 8.40. The fourth-order valence-corrected chi connectivity index (χ4v) is 1.90. The van der Waals surface area contributed by atoms with Crippen molar-refractivity contribution < 1.29 is 9.47 Å². The van der Waals surface area contributed by atoms with Crippen LogP contribution >= 0.6 is 0 Å². The first kappa shape index (κ1) is 12.4. The molecular weight excluding hydrogens is 214 g/mol. The normalized spacial score (nSPS) is 16.8. The third kappa shape index (κ3) is 4.36. The number of benzene rings is 1. The van der Waals surface area contributed by atoms with Crippen molar-refractivity contribution in [2.24, 2.45) is 5.92 Å². The molecule has 1 saturated carbocycles. The van der Waals surface area contributed by atoms with Crippen LogP contribution in [0, 0.1) is 5.92 Å². The van der Waals surface area contributed by atoms with Crippen LogP contribution in [0.25, 0.3) is 0 Å². The van der Waals surface area contributed by atoms with Crippen molar-refractivity contribution in [3.05, 3.63) is 30.3 Å². The van der Waals surface area contributed by atoms with Gasteiger partial charge in [-0.05, 0) is 37.9 Å². The van der Waals surface area contributed by atoms with Gasteiger partial charge in [0.15, 0.2) is 0 Å². The van der Waals surface area contributed by atoms with Gasteiger partial charge in [-0.1, -0.05) is 18.2 Å². The lowest BCUT2D eigenvalue weighted by Gasteiger charge is -2.15. The highest BCUT2D eigenvalue weighted by molar-refractivity contribution is 5.20. The van der Waals surface area contributed by atoms with E-state index < -0.39 is 0 Å². The number of ether oxygens (including phenoxy) is 2. The Morgan fingerprint density at radius 1 is 1.24 bits per heavy atom. The summed E-state index contributed by atoms with van der Waals surface area (Å²) in [7, 11) is 2.01. The van der Waals surface area contributed by atoms with Crippen LogP contribution in [0.3, 0.4) is 0 Å². The van der Waals surface area contributed by atoms with Gasteiger partial charge in [-0.2, -0.15) is 0 Å². The summed E-state index contributed by atoms with van der Waals surface area (Å²) in [4.78, 5) is 0. The molecule has 0 spiro atoms. The molecular formula is C14H21NO2. The second-order valence-electron chi connectivity index (χ2n) is 4.47. The van der Waals surface area contributed by atoms with Gasteiger partial charge >= 0.3 is 0 Å². The van der Waals surface area contributed by atoms with E-state index >= 15 is 0 Å². The van der Waals surface area contributed by atoms with Crippen molar-refractivity contribution in [1.29, 1.82) is 0 Å². The third-order valence-corrected chi connectivity index (χ3v) is 3.10. The Morgan fingerprint density at radius 2 is 2.00 bits per heavy atom. The van der Waals surface area contributed by atoms with E-state index in [-0.39, 0.29) is 0 Å². The molecule has 1 aliphatic carbocycles. The van der Waals surface area contributed by atoms with Gasteiger partial charge in [0.25, 0.3) is 0 Å². The number of rotatable bonds is 8. The Kier molecular flexibility index (Phi) is 4.83. The zero-order chi connectivity index (χ0) is 11.9. The van der Waals surface area contributed by atoms with Crippen LogP contribution < -0.4 is 10.1 Å². The van der Waals surface area contributed by atoms with Crippen molar-refractivity contribution in [1.82, 2.24) is 5.32 Å². The van der Waals surface area contributed by atoms with E-state index in [1.165, 1.54) is 12.8 Å². The summed E-state index contributed by atoms with van der Waals surface area (Å²) in [5, 5.41) is 3.31. The standard InChI is InChI=1S/C14H21NO2/c1-15-14(12-7-8-12)11-16-9-10-17-13-5-3-2-4-6-13/h2-6,12,14-15H,7-11H2,1H3. The molecule has 1 fully saturated rings. The number of nitrogens with one attached hydrogen (secondary N) is 1. The lowest BCUT2D eigenvalue weighted by atomic mass is 10.2. The Balaban J connectivity index is 1.54. The molecule has 1 aliphatic rings. The fraction of sp³-hybridized carbons (Fsp3) is 0.571. The topological polar surface area (TPSA) is 30.5 Å². The maximum Gasteiger partial charge on any atom is 0.119 e. The molecule has 0 aliphatic heterocycles. The summed E-state index contributed by atoms with van der Waals surface area (Å²) in [6, 6.07) is 10.4. The van der Waals surface area contributed by atoms with E-state index in [2.05, 4.69) is 5.32 Å². The largest absolute Gasteiger partial charge is 0.491 e. The summed E-state index contributed by atoms with van der Waals surface area (Å²) in [5.41, 5.74) is 0. The van der Waals surface area contributed by atoms with Gasteiger partial charge in [-0.25, -0.2) is 0 Å². The Bertz CT molecular complexity index is 311. The zero-order valence-electron chi connectivity index (χ0n) is 10.4. The van der Waals surface area contributed by atoms with Crippen LogP contribution in [-0.4, -0.2) is 32.9 Å². The van der Waals surface area contributed by atoms with Crippen LogP contribution in [0.5, 0.6) is 5.75 Å². The molecule has 0 heterocycles. The summed E-state index contributed by atoms with van der Waals surface area (Å²) >= 11 is 0. The van der Waals surface area contributed by atoms with E-state index in [1.807, 2.05) is 37.4 Å². The molecule has 1 aromatic rings. The van der Waals surface area contributed by atoms with Gasteiger partial charge in [0.1, 0.15) is 12.4 Å². The first-order valence-corrected chi connectivity index (χ1v) is 6.33. The number of hydrogen-bond acceptors (Lipinski definition) is 3. The minimum atomic E-state index is 0.520. The van der Waals surface area contributed by atoms with Gasteiger partial charge in [-0.15, -0.1) is 0 Å². The fourth-order valence-electron chi connectivity index (χ4n) is 1.90. The number of para-hydroxylation sites is 1. The maximum absolute atomic E-state index is 5.62. The van der Waals surface area contributed by atoms with E-state index in [1.54, 1.807) is 0 Å². The molecule has 1 atom stereocenters. The monoisotopic (exact) mass is 235 g/mol. The number of hydrogen-bond donors (Lipinski definition) is 1. The predicted octanol–water partition coefficient (Wildman–Crippen LogP) is 2.08. The summed E-state index contributed by atoms with van der Waals surface area (Å²) in [6.07, 6.45) is 2.69. The summed E-state index contributed by atoms with van der Waals surface area (Å²) in [6.45, 7) is 2.06. The minimum Gasteiger partial charge on any atom is -0.491 e. The minimum absolute atomic E-state index is 0.520. The smallest absolute Gasteiger partial charge is 0.119 e. The molecule has 1 unspecified atom stereocenters. The molecule has 3 nitrogen and oxygen atoms in total. The SMILES string of the molecule is CNC(COCCOc1ccccc1)C1CC1. The van der Waals surface area contributed by atoms with E-state index in [4.69, 9.17) is 9.47 Å². The molecule has 0 aromatic heterocycles. The van der Waals surface area contributed by atoms with Gasteiger partial charge in [-0.3, -0.25) is 0 Å². The van der Waals surface area contributed by atoms with Crippen molar-refractivity contribution in [2.75, 3.05) is 26.9 Å². The highest BCUT2D eigenvalue weighted by Gasteiger charge is 2.29. The van der Waals surface area contributed by atoms with E-state index in [9.17, 15) is 0 Å². The van der Waals surface area contributed by atoms with Crippen LogP contribution in [0.4, 0.5) is 0 Å². The average molecular weight is 235 g/mol. The maximum atomic E-state index is 5.62. The molecule has 0 saturated heterocycles. The van der Waals surface area contributed by atoms with Gasteiger partial charge < -0.3 is 14.8 Å². The van der Waals surface area contributed by atoms with Crippen LogP contribution in [-0.2, 0) is 4.74 Å². The molecule has 0 bridgehead atoms. The van der Waals surface area contributed by atoms with Crippen molar-refractivity contribution in [3.8, 4) is 5.75 Å². The molecule has 2 rings (SSSR count). The molecule has 0 amide bonds. The zero-order valence-corrected chi connectivity index (χ0v) is 10.4. The van der Waals surface area contributed by atoms with Crippen molar-refractivity contribution >= 4 is 0 Å². The highest BCUT2D eigenvalue weighted by Crippen LogP contribution is 2.32. The average Bonchev–Trinajstić information content (AvgIpc) is 3.19. The molecule has 3 heteroatoms. The van der Waals surface area contributed by atoms with Crippen LogP contribution in [0.1, 0.15) is 12.8 Å². The van der Waals surface area contributed by atoms with Crippen molar-refractivity contribution in [3.63, 3.8) is 0 Å². The summed E-state index contributed by atoms with van der Waals surface area (Å²) in [5.74, 6) is 1.73. The summed E-state index contributed by atoms with van der Waals surface area (Å²) < 4.78 is 11.2.